The van der Waals surface area contributed by atoms with Crippen LogP contribution in [0.5, 0.6) is 0 Å². The van der Waals surface area contributed by atoms with Crippen molar-refractivity contribution in [2.75, 3.05) is 0 Å². The largest absolute Gasteiger partial charge is 0 e. The molecule has 0 N–H and O–H groups in total. The molecule has 0 spiro atoms. The van der Waals surface area contributed by atoms with Crippen molar-refractivity contribution in [2.24, 2.45) is 5.92 Å². The van der Waals surface area contributed by atoms with E-state index in [4.69, 9.17) is 13.5 Å². The third kappa shape index (κ3) is 8.51. The van der Waals surface area contributed by atoms with Crippen molar-refractivity contribution in [3.8, 4) is 28.3 Å². The van der Waals surface area contributed by atoms with Gasteiger partial charge in [-0.2, -0.15) is 0 Å². The van der Waals surface area contributed by atoms with Crippen LogP contribution in [0.3, 0.4) is 0 Å². The van der Waals surface area contributed by atoms with E-state index in [1.54, 1.807) is 18.2 Å². The van der Waals surface area contributed by atoms with Gasteiger partial charge in [-0.15, -0.1) is 23.8 Å². The third-order valence-corrected chi connectivity index (χ3v) is 14.5. The number of fused-ring (bicyclic) bond motifs is 4. The van der Waals surface area contributed by atoms with Crippen LogP contribution in [0.2, 0.25) is 17.3 Å². The molecular weight excluding hydrogens is 923 g/mol. The van der Waals surface area contributed by atoms with E-state index >= 15 is 0 Å². The zero-order valence-corrected chi connectivity index (χ0v) is 38.4. The Kier molecular flexibility index (Phi) is 11.4. The molecule has 3 heterocycles. The van der Waals surface area contributed by atoms with Gasteiger partial charge in [-0.25, -0.2) is 0 Å². The van der Waals surface area contributed by atoms with Crippen molar-refractivity contribution in [1.82, 2.24) is 14.5 Å². The number of benzene rings is 5. The fourth-order valence-electron chi connectivity index (χ4n) is 7.51. The van der Waals surface area contributed by atoms with E-state index in [2.05, 4.69) is 147 Å². The average Bonchev–Trinajstić information content (AvgIpc) is 3.75. The van der Waals surface area contributed by atoms with E-state index in [9.17, 15) is 0 Å². The molecule has 8 rings (SSSR count). The number of nitrogens with zero attached hydrogens (tertiary/aromatic N) is 3. The summed E-state index contributed by atoms with van der Waals surface area (Å²) < 4.78 is 32.2. The molecule has 0 atom stereocenters. The molecule has 4 nitrogen and oxygen atoms in total. The van der Waals surface area contributed by atoms with E-state index in [0.29, 0.717) is 23.3 Å². The fraction of sp³-hybridized carbons (Fsp3) is 0.280. The first-order chi connectivity index (χ1) is 27.5. The summed E-state index contributed by atoms with van der Waals surface area (Å²) in [6.07, 6.45) is 3.08. The number of aryl methyl sites for hydroxylation is 1. The van der Waals surface area contributed by atoms with Crippen LogP contribution in [-0.2, 0) is 26.5 Å². The summed E-state index contributed by atoms with van der Waals surface area (Å²) in [7, 11) is 0. The van der Waals surface area contributed by atoms with Gasteiger partial charge < -0.3 is 8.98 Å². The maximum atomic E-state index is 7.46. The average molecular weight is 980 g/mol. The first-order valence-corrected chi connectivity index (χ1v) is 26.8. The number of para-hydroxylation sites is 4. The number of imidazole rings is 1. The summed E-state index contributed by atoms with van der Waals surface area (Å²) in [4.78, 5) is 9.78. The van der Waals surface area contributed by atoms with Crippen LogP contribution in [0.1, 0.15) is 79.7 Å². The second-order valence-corrected chi connectivity index (χ2v) is 27.2. The minimum atomic E-state index is -2.09. The Morgan fingerprint density at radius 3 is 2.11 bits per heavy atom. The van der Waals surface area contributed by atoms with Gasteiger partial charge in [-0.1, -0.05) is 81.6 Å². The van der Waals surface area contributed by atoms with E-state index in [1.807, 2.05) is 24.4 Å². The number of aromatic nitrogens is 3. The predicted octanol–water partition coefficient (Wildman–Crippen LogP) is 13.2. The van der Waals surface area contributed by atoms with Crippen LogP contribution in [0.15, 0.2) is 114 Å². The molecule has 0 aliphatic carbocycles. The SMILES string of the molecule is CC(C)c1cccc(C(C)C)c1-n1c(-c2[c-]cc3oc4ccccc4c3c2)nc2ccccc21.[2H]C([2H])([2H])c1c[c-]c(-c2cc(CC(C)C)[c]([Ge]([CH3])([CH3])[CH3])cn2)cc1.[Ir]. The normalized spacial score (nSPS) is 12.8. The fourth-order valence-corrected chi connectivity index (χ4v) is 10.8. The first kappa shape index (κ1) is 37.3. The standard InChI is InChI=1S/C31H27N2O.C19H26GeN.Ir/c1-19(2)22-11-9-12-23(20(3)4)30(22)33-27-14-7-6-13-26(27)32-31(33)21-16-17-29-25(18-21)24-10-5-8-15-28(24)34-29;1-14(2)11-17-12-19(16-9-7-15(3)8-10-16)21-13-18(17)20(4,5)6;/h5-15,17-20H,1-4H3;7-9,12-14H,11H2,1-6H3;/q2*-1;/i;3D3;. The summed E-state index contributed by atoms with van der Waals surface area (Å²) >= 11 is -1.97. The molecule has 0 saturated carbocycles. The Labute approximate surface area is 353 Å². The molecule has 0 unspecified atom stereocenters. The topological polar surface area (TPSA) is 43.9 Å². The molecule has 1 radical (unpaired) electrons. The summed E-state index contributed by atoms with van der Waals surface area (Å²) in [6.45, 7) is 11.4. The molecule has 0 aliphatic heterocycles. The van der Waals surface area contributed by atoms with E-state index < -0.39 is 20.1 Å². The first-order valence-electron chi connectivity index (χ1n) is 21.0. The van der Waals surface area contributed by atoms with Crippen molar-refractivity contribution in [1.29, 1.82) is 0 Å². The number of hydrogen-bond acceptors (Lipinski definition) is 3. The van der Waals surface area contributed by atoms with Gasteiger partial charge in [0.05, 0.1) is 22.4 Å². The van der Waals surface area contributed by atoms with Crippen molar-refractivity contribution in [3.05, 3.63) is 144 Å². The second-order valence-electron chi connectivity index (χ2n) is 16.6. The quantitative estimate of drug-likeness (QED) is 0.113. The maximum absolute atomic E-state index is 7.46. The Morgan fingerprint density at radius 2 is 1.45 bits per heavy atom. The van der Waals surface area contributed by atoms with Gasteiger partial charge in [0.1, 0.15) is 5.58 Å². The number of pyridine rings is 1. The molecule has 0 aliphatic rings. The minimum Gasteiger partial charge on any atom is 0 e. The molecule has 0 saturated heterocycles. The van der Waals surface area contributed by atoms with Gasteiger partial charge in [0.25, 0.3) is 0 Å². The summed E-state index contributed by atoms with van der Waals surface area (Å²) in [6, 6.07) is 41.1. The summed E-state index contributed by atoms with van der Waals surface area (Å²) in [5, 5.41) is 2.20. The molecule has 6 heteroatoms. The zero-order valence-electron chi connectivity index (χ0n) is 36.9. The minimum absolute atomic E-state index is 0. The molecule has 5 aromatic carbocycles. The molecule has 0 fully saturated rings. The van der Waals surface area contributed by atoms with Crippen molar-refractivity contribution in [2.45, 2.75) is 83.9 Å². The van der Waals surface area contributed by atoms with Gasteiger partial charge in [-0.3, -0.25) is 4.98 Å². The molecule has 56 heavy (non-hydrogen) atoms. The Hall–Kier alpha value is -4.29. The van der Waals surface area contributed by atoms with E-state index in [0.717, 1.165) is 62.0 Å². The van der Waals surface area contributed by atoms with E-state index in [1.165, 1.54) is 26.8 Å². The van der Waals surface area contributed by atoms with Crippen LogP contribution in [0.4, 0.5) is 0 Å². The number of rotatable bonds is 8. The van der Waals surface area contributed by atoms with Gasteiger partial charge in [0, 0.05) is 31.2 Å². The van der Waals surface area contributed by atoms with Crippen molar-refractivity contribution in [3.63, 3.8) is 0 Å². The van der Waals surface area contributed by atoms with Crippen molar-refractivity contribution >= 4 is 50.6 Å². The Balaban J connectivity index is 0.000000208. The summed E-state index contributed by atoms with van der Waals surface area (Å²) in [5.74, 6) is 9.42. The summed E-state index contributed by atoms with van der Waals surface area (Å²) in [5.41, 5.74) is 12.1. The van der Waals surface area contributed by atoms with Gasteiger partial charge >= 0.3 is 136 Å². The molecule has 0 bridgehead atoms. The van der Waals surface area contributed by atoms with Crippen LogP contribution >= 0.6 is 0 Å². The third-order valence-electron chi connectivity index (χ3n) is 10.2. The Morgan fingerprint density at radius 1 is 0.750 bits per heavy atom. The maximum Gasteiger partial charge on any atom is 0 e. The smallest absolute Gasteiger partial charge is 0 e. The number of furan rings is 1. The van der Waals surface area contributed by atoms with Gasteiger partial charge in [0.2, 0.25) is 0 Å². The zero-order chi connectivity index (χ0) is 41.5. The monoisotopic (exact) mass is 981 g/mol. The second kappa shape index (κ2) is 17.1. The van der Waals surface area contributed by atoms with Gasteiger partial charge in [0.15, 0.2) is 0 Å². The van der Waals surface area contributed by atoms with Crippen LogP contribution < -0.4 is 4.40 Å². The molecule has 8 aromatic rings. The predicted molar refractivity (Wildman–Crippen MR) is 236 cm³/mol. The van der Waals surface area contributed by atoms with E-state index in [-0.39, 0.29) is 20.1 Å². The number of hydrogen-bond donors (Lipinski definition) is 0. The molecule has 0 amide bonds. The van der Waals surface area contributed by atoms with Gasteiger partial charge in [-0.05, 0) is 41.2 Å². The molecule has 289 valence electrons. The molecule has 3 aromatic heterocycles. The molecular formula is C50H53GeIrN3O-2. The van der Waals surface area contributed by atoms with Crippen LogP contribution in [0, 0.1) is 24.9 Å². The van der Waals surface area contributed by atoms with Crippen LogP contribution in [0.25, 0.3) is 61.3 Å². The van der Waals surface area contributed by atoms with Crippen LogP contribution in [-0.4, -0.2) is 27.8 Å². The Bertz CT molecular complexity index is 2700. The van der Waals surface area contributed by atoms with Crippen molar-refractivity contribution < 1.29 is 28.6 Å².